The number of thioether (sulfide) groups is 1. The molecule has 2 bridgehead atoms. The smallest absolute Gasteiger partial charge is 0.308 e. The molecule has 3 aliphatic rings. The van der Waals surface area contributed by atoms with E-state index in [0.29, 0.717) is 13.0 Å². The molecule has 2 amide bonds. The highest BCUT2D eigenvalue weighted by molar-refractivity contribution is 8.02. The number of carboxylic acid groups (broad SMARTS) is 1. The number of likely N-dealkylation sites (tertiary alicyclic amines) is 1. The van der Waals surface area contributed by atoms with Crippen LogP contribution in [0, 0.1) is 17.8 Å². The number of fused-ring (bicyclic) bond motifs is 1. The molecule has 3 heterocycles. The van der Waals surface area contributed by atoms with E-state index in [1.165, 1.54) is 16.7 Å². The molecule has 3 saturated heterocycles. The average molecular weight is 397 g/mol. The van der Waals surface area contributed by atoms with Gasteiger partial charge >= 0.3 is 5.97 Å². The van der Waals surface area contributed by atoms with Crippen LogP contribution in [0.2, 0.25) is 0 Å². The summed E-state index contributed by atoms with van der Waals surface area (Å²) in [5.41, 5.74) is 0. The minimum absolute atomic E-state index is 0.0395. The second-order valence-electron chi connectivity index (χ2n) is 8.02. The molecule has 0 aromatic carbocycles. The van der Waals surface area contributed by atoms with Crippen LogP contribution >= 0.6 is 11.8 Å². The number of nitrogens with zero attached hydrogens (tertiary/aromatic N) is 2. The first-order chi connectivity index (χ1) is 12.7. The van der Waals surface area contributed by atoms with Gasteiger partial charge in [0.05, 0.1) is 23.2 Å². The van der Waals surface area contributed by atoms with Crippen LogP contribution in [0.15, 0.2) is 12.7 Å². The average Bonchev–Trinajstić information content (AvgIpc) is 3.17. The van der Waals surface area contributed by atoms with Gasteiger partial charge in [0.1, 0.15) is 6.04 Å². The van der Waals surface area contributed by atoms with Crippen molar-refractivity contribution in [2.45, 2.75) is 49.3 Å². The Bertz CT molecular complexity index is 668. The zero-order valence-electron chi connectivity index (χ0n) is 16.0. The molecule has 3 rings (SSSR count). The van der Waals surface area contributed by atoms with Gasteiger partial charge in [-0.3, -0.25) is 14.4 Å². The van der Waals surface area contributed by atoms with Gasteiger partial charge in [0.2, 0.25) is 11.8 Å². The number of carbonyl (C=O) groups excluding carboxylic acids is 2. The van der Waals surface area contributed by atoms with Gasteiger partial charge in [-0.05, 0) is 26.2 Å². The molecule has 0 radical (unpaired) electrons. The van der Waals surface area contributed by atoms with Gasteiger partial charge in [0.25, 0.3) is 0 Å². The molecular weight excluding hydrogens is 368 g/mol. The number of aliphatic hydroxyl groups excluding tert-OH is 1. The van der Waals surface area contributed by atoms with Crippen molar-refractivity contribution < 1.29 is 24.6 Å². The number of aliphatic hydroxyl groups is 1. The van der Waals surface area contributed by atoms with E-state index in [9.17, 15) is 24.6 Å². The van der Waals surface area contributed by atoms with Crippen molar-refractivity contribution in [1.82, 2.24) is 9.80 Å². The van der Waals surface area contributed by atoms with Crippen molar-refractivity contribution in [3.63, 3.8) is 0 Å². The molecule has 0 aromatic heterocycles. The van der Waals surface area contributed by atoms with Crippen LogP contribution in [-0.4, -0.2) is 79.6 Å². The van der Waals surface area contributed by atoms with Crippen LogP contribution < -0.4 is 0 Å². The van der Waals surface area contributed by atoms with Crippen molar-refractivity contribution in [2.75, 3.05) is 19.7 Å². The highest BCUT2D eigenvalue weighted by Crippen LogP contribution is 2.68. The summed E-state index contributed by atoms with van der Waals surface area (Å²) in [6.07, 6.45) is 2.34. The van der Waals surface area contributed by atoms with Crippen molar-refractivity contribution in [3.05, 3.63) is 12.7 Å². The Morgan fingerprint density at radius 3 is 2.67 bits per heavy atom. The first kappa shape index (κ1) is 20.2. The minimum Gasteiger partial charge on any atom is -0.481 e. The van der Waals surface area contributed by atoms with Gasteiger partial charge in [-0.1, -0.05) is 13.0 Å². The van der Waals surface area contributed by atoms with E-state index in [4.69, 9.17) is 0 Å². The van der Waals surface area contributed by atoms with Crippen LogP contribution in [0.25, 0.3) is 0 Å². The highest BCUT2D eigenvalue weighted by Gasteiger charge is 2.76. The fourth-order valence-corrected chi connectivity index (χ4v) is 7.69. The zero-order chi connectivity index (χ0) is 20.1. The summed E-state index contributed by atoms with van der Waals surface area (Å²) in [5, 5.41) is 19.1. The second-order valence-corrected chi connectivity index (χ2v) is 9.57. The van der Waals surface area contributed by atoms with E-state index in [1.807, 2.05) is 20.8 Å². The maximum atomic E-state index is 13.6. The van der Waals surface area contributed by atoms with Gasteiger partial charge < -0.3 is 20.0 Å². The predicted octanol–water partition coefficient (Wildman–Crippen LogP) is 0.823. The van der Waals surface area contributed by atoms with Gasteiger partial charge in [0.15, 0.2) is 0 Å². The van der Waals surface area contributed by atoms with Crippen molar-refractivity contribution in [2.24, 2.45) is 17.8 Å². The van der Waals surface area contributed by atoms with E-state index >= 15 is 0 Å². The summed E-state index contributed by atoms with van der Waals surface area (Å²) in [5.74, 6) is -2.90. The summed E-state index contributed by atoms with van der Waals surface area (Å²) in [6.45, 7) is 9.70. The number of carbonyl (C=O) groups is 3. The standard InChI is InChI=1S/C19H28N2O5S/c1-5-6-20(10(2)3)17(24)15-19-11(4)9-12(27-19)13(18(25)26)14(19)16(23)21(15)7-8-22/h5,10-15,22H,1,6-9H2,2-4H3,(H,25,26)/t11?,12-,13+,14-,15?,19?/m0/s1. The third-order valence-corrected chi connectivity index (χ3v) is 8.41. The molecule has 2 N–H and O–H groups in total. The fraction of sp³-hybridized carbons (Fsp3) is 0.737. The third-order valence-electron chi connectivity index (χ3n) is 6.34. The number of β-amino-alcohol motifs (C(OH)–C–C–N with tert-alkyl or cyclic N) is 1. The van der Waals surface area contributed by atoms with Crippen molar-refractivity contribution in [1.29, 1.82) is 0 Å². The Kier molecular flexibility index (Phi) is 5.33. The van der Waals surface area contributed by atoms with Crippen LogP contribution in [-0.2, 0) is 14.4 Å². The lowest BCUT2D eigenvalue weighted by atomic mass is 9.66. The maximum Gasteiger partial charge on any atom is 0.308 e. The molecule has 27 heavy (non-hydrogen) atoms. The van der Waals surface area contributed by atoms with E-state index in [0.717, 1.165) is 0 Å². The quantitative estimate of drug-likeness (QED) is 0.619. The lowest BCUT2D eigenvalue weighted by Crippen LogP contribution is -2.58. The number of aliphatic carboxylic acids is 1. The third kappa shape index (κ3) is 2.71. The Morgan fingerprint density at radius 2 is 2.15 bits per heavy atom. The largest absolute Gasteiger partial charge is 0.481 e. The molecular formula is C19H28N2O5S. The molecule has 0 aromatic rings. The van der Waals surface area contributed by atoms with E-state index in [-0.39, 0.29) is 42.2 Å². The Balaban J connectivity index is 2.10. The van der Waals surface area contributed by atoms with Crippen LogP contribution in [0.3, 0.4) is 0 Å². The van der Waals surface area contributed by atoms with Gasteiger partial charge in [-0.15, -0.1) is 18.3 Å². The van der Waals surface area contributed by atoms with Gasteiger partial charge in [0, 0.05) is 24.4 Å². The summed E-state index contributed by atoms with van der Waals surface area (Å²) >= 11 is 1.51. The lowest BCUT2D eigenvalue weighted by molar-refractivity contribution is -0.149. The fourth-order valence-electron chi connectivity index (χ4n) is 5.28. The maximum absolute atomic E-state index is 13.6. The summed E-state index contributed by atoms with van der Waals surface area (Å²) < 4.78 is -0.745. The molecule has 3 unspecified atom stereocenters. The van der Waals surface area contributed by atoms with Crippen LogP contribution in [0.5, 0.6) is 0 Å². The molecule has 1 spiro atoms. The SMILES string of the molecule is C=CCN(C(=O)C1N(CCO)C(=O)[C@@H]2[C@H](C(=O)O)[C@@H]3CC(C)C12S3)C(C)C. The molecule has 8 heteroatoms. The number of amides is 2. The number of hydrogen-bond acceptors (Lipinski definition) is 5. The second kappa shape index (κ2) is 7.13. The molecule has 3 fully saturated rings. The Morgan fingerprint density at radius 1 is 1.48 bits per heavy atom. The number of rotatable bonds is 7. The Labute approximate surface area is 163 Å². The van der Waals surface area contributed by atoms with Crippen molar-refractivity contribution in [3.8, 4) is 0 Å². The van der Waals surface area contributed by atoms with E-state index < -0.39 is 28.6 Å². The first-order valence-corrected chi connectivity index (χ1v) is 10.3. The van der Waals surface area contributed by atoms with Crippen molar-refractivity contribution >= 4 is 29.5 Å². The topological polar surface area (TPSA) is 98.2 Å². The first-order valence-electron chi connectivity index (χ1n) is 9.45. The summed E-state index contributed by atoms with van der Waals surface area (Å²) in [4.78, 5) is 41.9. The highest BCUT2D eigenvalue weighted by atomic mass is 32.2. The summed E-state index contributed by atoms with van der Waals surface area (Å²) in [7, 11) is 0. The normalized spacial score (nSPS) is 37.0. The number of carboxylic acids is 1. The van der Waals surface area contributed by atoms with Crippen LogP contribution in [0.1, 0.15) is 27.2 Å². The molecule has 3 aliphatic heterocycles. The monoisotopic (exact) mass is 396 g/mol. The predicted molar refractivity (Wildman–Crippen MR) is 102 cm³/mol. The molecule has 0 saturated carbocycles. The molecule has 6 atom stereocenters. The zero-order valence-corrected chi connectivity index (χ0v) is 16.8. The number of hydrogen-bond donors (Lipinski definition) is 2. The van der Waals surface area contributed by atoms with Gasteiger partial charge in [-0.25, -0.2) is 0 Å². The van der Waals surface area contributed by atoms with Gasteiger partial charge in [-0.2, -0.15) is 0 Å². The molecule has 150 valence electrons. The van der Waals surface area contributed by atoms with Crippen LogP contribution in [0.4, 0.5) is 0 Å². The Hall–Kier alpha value is -1.54. The summed E-state index contributed by atoms with van der Waals surface area (Å²) in [6, 6.07) is -0.829. The lowest BCUT2D eigenvalue weighted by Gasteiger charge is -2.41. The molecule has 7 nitrogen and oxygen atoms in total. The van der Waals surface area contributed by atoms with E-state index in [2.05, 4.69) is 6.58 Å². The minimum atomic E-state index is -0.969. The van der Waals surface area contributed by atoms with E-state index in [1.54, 1.807) is 11.0 Å². The molecule has 0 aliphatic carbocycles.